The van der Waals surface area contributed by atoms with Gasteiger partial charge in [0.2, 0.25) is 0 Å². The van der Waals surface area contributed by atoms with Crippen LogP contribution >= 0.6 is 0 Å². The predicted octanol–water partition coefficient (Wildman–Crippen LogP) is 3.47. The van der Waals surface area contributed by atoms with Crippen molar-refractivity contribution in [1.29, 1.82) is 5.26 Å². The van der Waals surface area contributed by atoms with E-state index in [1.165, 1.54) is 12.1 Å². The summed E-state index contributed by atoms with van der Waals surface area (Å²) in [5, 5.41) is 12.3. The fraction of sp³-hybridized carbons (Fsp3) is 0.278. The van der Waals surface area contributed by atoms with Gasteiger partial charge in [-0.3, -0.25) is 0 Å². The number of fused-ring (bicyclic) bond motifs is 3. The van der Waals surface area contributed by atoms with Crippen LogP contribution in [0.2, 0.25) is 0 Å². The smallest absolute Gasteiger partial charge is 0.148 e. The number of hydrogen-bond donors (Lipinski definition) is 1. The SMILES string of the molecule is N#CCc1ccc2c(c1)C1OCOC1C(c1cccc(F)c1)N2. The third-order valence-corrected chi connectivity index (χ3v) is 4.36. The Morgan fingerprint density at radius 3 is 2.96 bits per heavy atom. The van der Waals surface area contributed by atoms with E-state index < -0.39 is 0 Å². The zero-order valence-electron chi connectivity index (χ0n) is 12.3. The molecular formula is C18H15FN2O2. The molecule has 0 bridgehead atoms. The number of benzene rings is 2. The van der Waals surface area contributed by atoms with Crippen LogP contribution in [-0.2, 0) is 15.9 Å². The van der Waals surface area contributed by atoms with Crippen LogP contribution in [0.25, 0.3) is 0 Å². The van der Waals surface area contributed by atoms with E-state index in [0.717, 1.165) is 22.4 Å². The van der Waals surface area contributed by atoms with Crippen molar-refractivity contribution >= 4 is 5.69 Å². The number of nitriles is 1. The van der Waals surface area contributed by atoms with Crippen LogP contribution in [0, 0.1) is 17.1 Å². The van der Waals surface area contributed by atoms with Crippen molar-refractivity contribution in [2.24, 2.45) is 0 Å². The van der Waals surface area contributed by atoms with Crippen molar-refractivity contribution in [3.8, 4) is 6.07 Å². The Morgan fingerprint density at radius 2 is 2.13 bits per heavy atom. The van der Waals surface area contributed by atoms with Gasteiger partial charge in [-0.05, 0) is 35.4 Å². The molecule has 0 aliphatic carbocycles. The summed E-state index contributed by atoms with van der Waals surface area (Å²) in [6.07, 6.45) is -0.0708. The number of ether oxygens (including phenoxy) is 2. The molecule has 0 amide bonds. The van der Waals surface area contributed by atoms with E-state index >= 15 is 0 Å². The molecule has 2 aliphatic heterocycles. The minimum absolute atomic E-state index is 0.174. The Kier molecular flexibility index (Phi) is 3.49. The van der Waals surface area contributed by atoms with E-state index in [4.69, 9.17) is 14.7 Å². The molecular weight excluding hydrogens is 295 g/mol. The molecule has 116 valence electrons. The number of nitrogens with zero attached hydrogens (tertiary/aromatic N) is 1. The lowest BCUT2D eigenvalue weighted by Crippen LogP contribution is -2.34. The van der Waals surface area contributed by atoms with Crippen LogP contribution in [0.3, 0.4) is 0 Å². The Morgan fingerprint density at radius 1 is 1.22 bits per heavy atom. The molecule has 4 rings (SSSR count). The molecule has 1 fully saturated rings. The standard InChI is InChI=1S/C18H15FN2O2/c19-13-3-1-2-12(9-13)16-18-17(22-10-23-18)14-8-11(6-7-20)4-5-15(14)21-16/h1-5,8-9,16-18,21H,6,10H2. The molecule has 0 spiro atoms. The van der Waals surface area contributed by atoms with Crippen LogP contribution in [0.1, 0.15) is 28.8 Å². The first-order valence-corrected chi connectivity index (χ1v) is 7.51. The van der Waals surface area contributed by atoms with E-state index in [0.29, 0.717) is 6.42 Å². The Labute approximate surface area is 133 Å². The molecule has 2 aliphatic rings. The van der Waals surface area contributed by atoms with Crippen molar-refractivity contribution in [2.75, 3.05) is 12.1 Å². The minimum Gasteiger partial charge on any atom is -0.375 e. The lowest BCUT2D eigenvalue weighted by atomic mass is 9.87. The monoisotopic (exact) mass is 310 g/mol. The van der Waals surface area contributed by atoms with Crippen molar-refractivity contribution in [2.45, 2.75) is 24.7 Å². The van der Waals surface area contributed by atoms with Gasteiger partial charge in [-0.1, -0.05) is 18.2 Å². The normalized spacial score (nSPS) is 25.1. The first-order valence-electron chi connectivity index (χ1n) is 7.51. The number of nitrogens with one attached hydrogen (secondary N) is 1. The fourth-order valence-corrected chi connectivity index (χ4v) is 3.31. The zero-order chi connectivity index (χ0) is 15.8. The van der Waals surface area contributed by atoms with E-state index in [2.05, 4.69) is 11.4 Å². The fourth-order valence-electron chi connectivity index (χ4n) is 3.31. The summed E-state index contributed by atoms with van der Waals surface area (Å²) < 4.78 is 25.1. The van der Waals surface area contributed by atoms with E-state index in [9.17, 15) is 4.39 Å². The predicted molar refractivity (Wildman–Crippen MR) is 82.1 cm³/mol. The zero-order valence-corrected chi connectivity index (χ0v) is 12.3. The second kappa shape index (κ2) is 5.65. The van der Waals surface area contributed by atoms with Crippen LogP contribution < -0.4 is 5.32 Å². The summed E-state index contributed by atoms with van der Waals surface area (Å²) in [5.41, 5.74) is 3.71. The Bertz CT molecular complexity index is 787. The molecule has 1 saturated heterocycles. The third-order valence-electron chi connectivity index (χ3n) is 4.36. The number of anilines is 1. The first-order chi connectivity index (χ1) is 11.3. The molecule has 23 heavy (non-hydrogen) atoms. The van der Waals surface area contributed by atoms with E-state index in [-0.39, 0.29) is 30.9 Å². The van der Waals surface area contributed by atoms with Crippen molar-refractivity contribution in [1.82, 2.24) is 0 Å². The molecule has 3 atom stereocenters. The maximum Gasteiger partial charge on any atom is 0.148 e. The molecule has 1 N–H and O–H groups in total. The number of halogens is 1. The topological polar surface area (TPSA) is 54.3 Å². The molecule has 0 radical (unpaired) electrons. The molecule has 2 aromatic rings. The highest BCUT2D eigenvalue weighted by Gasteiger charge is 2.42. The molecule has 5 heteroatoms. The van der Waals surface area contributed by atoms with Gasteiger partial charge in [0.1, 0.15) is 24.8 Å². The summed E-state index contributed by atoms with van der Waals surface area (Å²) >= 11 is 0. The molecule has 3 unspecified atom stereocenters. The van der Waals surface area contributed by atoms with Crippen LogP contribution in [0.5, 0.6) is 0 Å². The van der Waals surface area contributed by atoms with Gasteiger partial charge in [0.15, 0.2) is 0 Å². The number of rotatable bonds is 2. The molecule has 4 nitrogen and oxygen atoms in total. The van der Waals surface area contributed by atoms with Crippen LogP contribution in [-0.4, -0.2) is 12.9 Å². The molecule has 2 aromatic carbocycles. The van der Waals surface area contributed by atoms with Crippen LogP contribution in [0.4, 0.5) is 10.1 Å². The van der Waals surface area contributed by atoms with Crippen molar-refractivity contribution in [3.63, 3.8) is 0 Å². The highest BCUT2D eigenvalue weighted by Crippen LogP contribution is 2.45. The number of hydrogen-bond acceptors (Lipinski definition) is 4. The van der Waals surface area contributed by atoms with Gasteiger partial charge in [0.25, 0.3) is 0 Å². The second-order valence-corrected chi connectivity index (χ2v) is 5.77. The third kappa shape index (κ3) is 2.46. The summed E-state index contributed by atoms with van der Waals surface area (Å²) in [6.45, 7) is 0.213. The summed E-state index contributed by atoms with van der Waals surface area (Å²) in [6, 6.07) is 14.4. The maximum absolute atomic E-state index is 13.6. The molecule has 0 aromatic heterocycles. The highest BCUT2D eigenvalue weighted by molar-refractivity contribution is 5.59. The maximum atomic E-state index is 13.6. The van der Waals surface area contributed by atoms with Gasteiger partial charge in [-0.25, -0.2) is 4.39 Å². The summed E-state index contributed by atoms with van der Waals surface area (Å²) in [5.74, 6) is -0.269. The minimum atomic E-state index is -0.269. The molecule has 2 heterocycles. The quantitative estimate of drug-likeness (QED) is 0.923. The van der Waals surface area contributed by atoms with Gasteiger partial charge in [0, 0.05) is 11.3 Å². The van der Waals surface area contributed by atoms with Gasteiger partial charge in [-0.2, -0.15) is 5.26 Å². The van der Waals surface area contributed by atoms with Gasteiger partial charge >= 0.3 is 0 Å². The Hall–Kier alpha value is -2.42. The summed E-state index contributed by atoms with van der Waals surface area (Å²) in [7, 11) is 0. The largest absolute Gasteiger partial charge is 0.375 e. The van der Waals surface area contributed by atoms with Gasteiger partial charge in [-0.15, -0.1) is 0 Å². The average molecular weight is 310 g/mol. The van der Waals surface area contributed by atoms with Crippen molar-refractivity contribution in [3.05, 3.63) is 65.0 Å². The van der Waals surface area contributed by atoms with Crippen LogP contribution in [0.15, 0.2) is 42.5 Å². The van der Waals surface area contributed by atoms with Gasteiger partial charge < -0.3 is 14.8 Å². The first kappa shape index (κ1) is 14.2. The highest BCUT2D eigenvalue weighted by atomic mass is 19.1. The van der Waals surface area contributed by atoms with Gasteiger partial charge in [0.05, 0.1) is 18.5 Å². The second-order valence-electron chi connectivity index (χ2n) is 5.77. The summed E-state index contributed by atoms with van der Waals surface area (Å²) in [4.78, 5) is 0. The Balaban J connectivity index is 1.75. The van der Waals surface area contributed by atoms with E-state index in [1.807, 2.05) is 24.3 Å². The van der Waals surface area contributed by atoms with E-state index in [1.54, 1.807) is 6.07 Å². The average Bonchev–Trinajstić information content (AvgIpc) is 3.04. The lowest BCUT2D eigenvalue weighted by molar-refractivity contribution is 0.0367. The van der Waals surface area contributed by atoms with Crippen molar-refractivity contribution < 1.29 is 13.9 Å². The lowest BCUT2D eigenvalue weighted by Gasteiger charge is -2.35. The molecule has 0 saturated carbocycles.